The summed E-state index contributed by atoms with van der Waals surface area (Å²) in [5.74, 6) is -0.217. The lowest BCUT2D eigenvalue weighted by molar-refractivity contribution is -0.384. The number of hydrogen-bond acceptors (Lipinski definition) is 5. The van der Waals surface area contributed by atoms with Crippen molar-refractivity contribution in [3.05, 3.63) is 76.1 Å². The predicted octanol–water partition coefficient (Wildman–Crippen LogP) is 3.71. The standard InChI is InChI=1S/C19H16N4O3S/c1-27-19-20-12-17(22(19)14-5-3-2-4-6-14)18(24)21-10-9-13-7-8-15(23(25)26)11-16(13)21/h2-8,11-12H,9-10H2,1H3. The SMILES string of the molecule is CSc1ncc(C(=O)N2CCc3ccc([N+](=O)[O-])cc32)n1-c1ccccc1. The number of rotatable bonds is 4. The zero-order chi connectivity index (χ0) is 19.0. The van der Waals surface area contributed by atoms with Crippen LogP contribution in [0.2, 0.25) is 0 Å². The third-order valence-corrected chi connectivity index (χ3v) is 5.22. The molecular weight excluding hydrogens is 364 g/mol. The number of fused-ring (bicyclic) bond motifs is 1. The van der Waals surface area contributed by atoms with E-state index in [9.17, 15) is 14.9 Å². The van der Waals surface area contributed by atoms with Gasteiger partial charge in [0.2, 0.25) is 0 Å². The van der Waals surface area contributed by atoms with Gasteiger partial charge >= 0.3 is 0 Å². The van der Waals surface area contributed by atoms with Crippen LogP contribution in [-0.4, -0.2) is 33.2 Å². The van der Waals surface area contributed by atoms with Crippen molar-refractivity contribution in [2.75, 3.05) is 17.7 Å². The number of anilines is 1. The Kier molecular flexibility index (Phi) is 4.41. The predicted molar refractivity (Wildman–Crippen MR) is 104 cm³/mol. The molecule has 1 aliphatic heterocycles. The van der Waals surface area contributed by atoms with Crippen LogP contribution in [0.3, 0.4) is 0 Å². The Balaban J connectivity index is 1.77. The van der Waals surface area contributed by atoms with Gasteiger partial charge < -0.3 is 4.90 Å². The number of nitro benzene ring substituents is 1. The molecule has 2 heterocycles. The normalized spacial score (nSPS) is 12.9. The number of carbonyl (C=O) groups excluding carboxylic acids is 1. The lowest BCUT2D eigenvalue weighted by Crippen LogP contribution is -2.30. The zero-order valence-corrected chi connectivity index (χ0v) is 15.3. The molecule has 1 amide bonds. The Labute approximate surface area is 159 Å². The van der Waals surface area contributed by atoms with Crippen LogP contribution < -0.4 is 4.90 Å². The first-order valence-electron chi connectivity index (χ1n) is 8.36. The van der Waals surface area contributed by atoms with Crippen LogP contribution >= 0.6 is 11.8 Å². The Morgan fingerprint density at radius 1 is 1.22 bits per heavy atom. The van der Waals surface area contributed by atoms with Gasteiger partial charge in [-0.2, -0.15) is 0 Å². The Morgan fingerprint density at radius 2 is 2.00 bits per heavy atom. The molecule has 0 saturated carbocycles. The molecule has 0 spiro atoms. The van der Waals surface area contributed by atoms with Crippen LogP contribution in [0.25, 0.3) is 5.69 Å². The number of benzene rings is 2. The summed E-state index contributed by atoms with van der Waals surface area (Å²) in [7, 11) is 0. The molecule has 0 N–H and O–H groups in total. The van der Waals surface area contributed by atoms with Crippen molar-refractivity contribution in [1.82, 2.24) is 9.55 Å². The number of para-hydroxylation sites is 1. The maximum Gasteiger partial charge on any atom is 0.276 e. The van der Waals surface area contributed by atoms with E-state index >= 15 is 0 Å². The molecule has 0 radical (unpaired) electrons. The quantitative estimate of drug-likeness (QED) is 0.392. The molecule has 7 nitrogen and oxygen atoms in total. The minimum Gasteiger partial charge on any atom is -0.306 e. The van der Waals surface area contributed by atoms with E-state index in [0.29, 0.717) is 29.5 Å². The van der Waals surface area contributed by atoms with Crippen LogP contribution in [0.4, 0.5) is 11.4 Å². The van der Waals surface area contributed by atoms with Crippen molar-refractivity contribution in [2.24, 2.45) is 0 Å². The van der Waals surface area contributed by atoms with Crippen LogP contribution in [0.5, 0.6) is 0 Å². The maximum atomic E-state index is 13.3. The topological polar surface area (TPSA) is 81.3 Å². The number of carbonyl (C=O) groups is 1. The molecule has 1 aromatic heterocycles. The van der Waals surface area contributed by atoms with Crippen molar-refractivity contribution >= 4 is 29.0 Å². The Bertz CT molecular complexity index is 1030. The number of aromatic nitrogens is 2. The number of thioether (sulfide) groups is 1. The van der Waals surface area contributed by atoms with E-state index in [4.69, 9.17) is 0 Å². The average molecular weight is 380 g/mol. The Morgan fingerprint density at radius 3 is 2.70 bits per heavy atom. The lowest BCUT2D eigenvalue weighted by atomic mass is 10.1. The molecule has 0 saturated heterocycles. The minimum absolute atomic E-state index is 0.0187. The molecule has 0 fully saturated rings. The Hall–Kier alpha value is -3.13. The van der Waals surface area contributed by atoms with Gasteiger partial charge in [0, 0.05) is 24.4 Å². The van der Waals surface area contributed by atoms with Gasteiger partial charge in [-0.3, -0.25) is 19.5 Å². The molecular formula is C19H16N4O3S. The second kappa shape index (κ2) is 6.88. The molecule has 27 heavy (non-hydrogen) atoms. The van der Waals surface area contributed by atoms with Gasteiger partial charge in [0.15, 0.2) is 5.16 Å². The zero-order valence-electron chi connectivity index (χ0n) is 14.5. The van der Waals surface area contributed by atoms with E-state index in [-0.39, 0.29) is 11.6 Å². The van der Waals surface area contributed by atoms with Crippen molar-refractivity contribution in [3.8, 4) is 5.69 Å². The fourth-order valence-electron chi connectivity index (χ4n) is 3.29. The van der Waals surface area contributed by atoms with Crippen molar-refractivity contribution in [2.45, 2.75) is 11.6 Å². The van der Waals surface area contributed by atoms with Gasteiger partial charge in [-0.1, -0.05) is 36.0 Å². The average Bonchev–Trinajstić information content (AvgIpc) is 3.31. The molecule has 8 heteroatoms. The van der Waals surface area contributed by atoms with Crippen LogP contribution in [0, 0.1) is 10.1 Å². The number of amides is 1. The van der Waals surface area contributed by atoms with E-state index in [2.05, 4.69) is 4.98 Å². The third-order valence-electron chi connectivity index (χ3n) is 4.57. The summed E-state index contributed by atoms with van der Waals surface area (Å²) < 4.78 is 1.82. The van der Waals surface area contributed by atoms with E-state index < -0.39 is 4.92 Å². The van der Waals surface area contributed by atoms with Gasteiger partial charge in [-0.25, -0.2) is 4.98 Å². The van der Waals surface area contributed by atoms with E-state index in [1.807, 2.05) is 41.2 Å². The fourth-order valence-corrected chi connectivity index (χ4v) is 3.83. The highest BCUT2D eigenvalue weighted by Gasteiger charge is 2.30. The summed E-state index contributed by atoms with van der Waals surface area (Å²) in [6.07, 6.45) is 4.15. The summed E-state index contributed by atoms with van der Waals surface area (Å²) in [6.45, 7) is 0.490. The first kappa shape index (κ1) is 17.3. The summed E-state index contributed by atoms with van der Waals surface area (Å²) in [4.78, 5) is 29.9. The second-order valence-corrected chi connectivity index (χ2v) is 6.85. The molecule has 0 unspecified atom stereocenters. The molecule has 0 atom stereocenters. The monoisotopic (exact) mass is 380 g/mol. The number of nitro groups is 1. The molecule has 3 aromatic rings. The molecule has 4 rings (SSSR count). The smallest absolute Gasteiger partial charge is 0.276 e. The lowest BCUT2D eigenvalue weighted by Gasteiger charge is -2.18. The summed E-state index contributed by atoms with van der Waals surface area (Å²) >= 11 is 1.45. The first-order chi connectivity index (χ1) is 13.1. The van der Waals surface area contributed by atoms with Crippen molar-refractivity contribution in [3.63, 3.8) is 0 Å². The number of nitrogens with zero attached hydrogens (tertiary/aromatic N) is 4. The summed E-state index contributed by atoms with van der Waals surface area (Å²) in [5.41, 5.74) is 2.80. The van der Waals surface area contributed by atoms with Crippen LogP contribution in [0.15, 0.2) is 59.9 Å². The van der Waals surface area contributed by atoms with E-state index in [0.717, 1.165) is 11.3 Å². The first-order valence-corrected chi connectivity index (χ1v) is 9.59. The van der Waals surface area contributed by atoms with Gasteiger partial charge in [-0.15, -0.1) is 0 Å². The molecule has 2 aromatic carbocycles. The van der Waals surface area contributed by atoms with Gasteiger partial charge in [0.25, 0.3) is 11.6 Å². The van der Waals surface area contributed by atoms with Crippen molar-refractivity contribution < 1.29 is 9.72 Å². The largest absolute Gasteiger partial charge is 0.306 e. The minimum atomic E-state index is -0.443. The van der Waals surface area contributed by atoms with Gasteiger partial charge in [0.1, 0.15) is 5.69 Å². The number of imidazole rings is 1. The van der Waals surface area contributed by atoms with Crippen molar-refractivity contribution in [1.29, 1.82) is 0 Å². The molecule has 0 aliphatic carbocycles. The number of non-ortho nitro benzene ring substituents is 1. The second-order valence-electron chi connectivity index (χ2n) is 6.08. The molecule has 0 bridgehead atoms. The highest BCUT2D eigenvalue weighted by atomic mass is 32.2. The number of hydrogen-bond donors (Lipinski definition) is 0. The van der Waals surface area contributed by atoms with Crippen LogP contribution in [0.1, 0.15) is 16.1 Å². The van der Waals surface area contributed by atoms with E-state index in [1.165, 1.54) is 23.9 Å². The molecule has 136 valence electrons. The maximum absolute atomic E-state index is 13.3. The van der Waals surface area contributed by atoms with Gasteiger partial charge in [0.05, 0.1) is 16.8 Å². The highest BCUT2D eigenvalue weighted by molar-refractivity contribution is 7.98. The summed E-state index contributed by atoms with van der Waals surface area (Å²) in [5, 5.41) is 11.8. The highest BCUT2D eigenvalue weighted by Crippen LogP contribution is 2.33. The van der Waals surface area contributed by atoms with Crippen LogP contribution in [-0.2, 0) is 6.42 Å². The van der Waals surface area contributed by atoms with E-state index in [1.54, 1.807) is 17.2 Å². The fraction of sp³-hybridized carbons (Fsp3) is 0.158. The molecule has 1 aliphatic rings. The third kappa shape index (κ3) is 2.97. The summed E-state index contributed by atoms with van der Waals surface area (Å²) in [6, 6.07) is 14.2. The van der Waals surface area contributed by atoms with Gasteiger partial charge in [-0.05, 0) is 30.4 Å².